The molecule has 4 rings (SSSR count). The van der Waals surface area contributed by atoms with Gasteiger partial charge in [0, 0.05) is 19.6 Å². The van der Waals surface area contributed by atoms with E-state index in [1.165, 1.54) is 41.2 Å². The second-order valence-electron chi connectivity index (χ2n) is 7.98. The Morgan fingerprint density at radius 1 is 0.759 bits per heavy atom. The number of nitrogens with zero attached hydrogens (tertiary/aromatic N) is 1. The van der Waals surface area contributed by atoms with Crippen LogP contribution >= 0.6 is 0 Å². The molecule has 1 aliphatic rings. The zero-order chi connectivity index (χ0) is 19.7. The van der Waals surface area contributed by atoms with Crippen molar-refractivity contribution in [1.29, 1.82) is 0 Å². The van der Waals surface area contributed by atoms with Crippen molar-refractivity contribution in [3.63, 3.8) is 0 Å². The summed E-state index contributed by atoms with van der Waals surface area (Å²) in [5.41, 5.74) is 2.82. The van der Waals surface area contributed by atoms with Crippen molar-refractivity contribution in [2.75, 3.05) is 19.7 Å². The molecule has 0 saturated heterocycles. The van der Waals surface area contributed by atoms with Crippen LogP contribution in [0.1, 0.15) is 36.8 Å². The highest BCUT2D eigenvalue weighted by Gasteiger charge is 2.07. The number of rotatable bonds is 9. The zero-order valence-corrected chi connectivity index (χ0v) is 17.2. The Hall–Kier alpha value is -2.58. The molecule has 0 spiro atoms. The van der Waals surface area contributed by atoms with Crippen LogP contribution in [0.2, 0.25) is 0 Å². The molecule has 0 amide bonds. The van der Waals surface area contributed by atoms with Crippen molar-refractivity contribution in [2.45, 2.75) is 38.6 Å². The third-order valence-corrected chi connectivity index (χ3v) is 5.65. The van der Waals surface area contributed by atoms with Crippen molar-refractivity contribution in [2.24, 2.45) is 0 Å². The van der Waals surface area contributed by atoms with E-state index in [1.807, 2.05) is 0 Å². The van der Waals surface area contributed by atoms with Gasteiger partial charge < -0.3 is 4.74 Å². The summed E-state index contributed by atoms with van der Waals surface area (Å²) in [6.07, 6.45) is 10.4. The number of hydrogen-bond donors (Lipinski definition) is 0. The van der Waals surface area contributed by atoms with Gasteiger partial charge in [-0.2, -0.15) is 0 Å². The molecule has 3 aromatic rings. The molecule has 0 unspecified atom stereocenters. The first-order valence-electron chi connectivity index (χ1n) is 10.9. The van der Waals surface area contributed by atoms with Crippen LogP contribution in [0.15, 0.2) is 78.9 Å². The van der Waals surface area contributed by atoms with Gasteiger partial charge in [0.25, 0.3) is 0 Å². The molecular formula is C27H31NO. The minimum absolute atomic E-state index is 0.793. The summed E-state index contributed by atoms with van der Waals surface area (Å²) < 4.78 is 6.00. The third kappa shape index (κ3) is 5.95. The summed E-state index contributed by atoms with van der Waals surface area (Å²) in [7, 11) is 0. The fourth-order valence-electron chi connectivity index (χ4n) is 4.00. The molecule has 0 N–H and O–H groups in total. The normalized spacial score (nSPS) is 14.3. The Labute approximate surface area is 174 Å². The van der Waals surface area contributed by atoms with Gasteiger partial charge in [-0.05, 0) is 72.2 Å². The lowest BCUT2D eigenvalue weighted by molar-refractivity contribution is 0.291. The lowest BCUT2D eigenvalue weighted by atomic mass is 10.1. The van der Waals surface area contributed by atoms with Crippen LogP contribution in [-0.4, -0.2) is 24.6 Å². The predicted molar refractivity (Wildman–Crippen MR) is 122 cm³/mol. The zero-order valence-electron chi connectivity index (χ0n) is 17.2. The minimum atomic E-state index is 0.793. The monoisotopic (exact) mass is 385 g/mol. The maximum atomic E-state index is 6.00. The second kappa shape index (κ2) is 10.3. The van der Waals surface area contributed by atoms with E-state index < -0.39 is 0 Å². The van der Waals surface area contributed by atoms with Crippen molar-refractivity contribution in [3.8, 4) is 5.75 Å². The van der Waals surface area contributed by atoms with Crippen LogP contribution in [0.3, 0.4) is 0 Å². The lowest BCUT2D eigenvalue weighted by Gasteiger charge is -2.23. The van der Waals surface area contributed by atoms with E-state index in [-0.39, 0.29) is 0 Å². The Balaban J connectivity index is 1.23. The summed E-state index contributed by atoms with van der Waals surface area (Å²) in [6.45, 7) is 4.05. The molecule has 150 valence electrons. The summed E-state index contributed by atoms with van der Waals surface area (Å²) in [5.74, 6) is 0.981. The first kappa shape index (κ1) is 19.7. The second-order valence-corrected chi connectivity index (χ2v) is 7.98. The molecule has 29 heavy (non-hydrogen) atoms. The van der Waals surface area contributed by atoms with Crippen LogP contribution in [0.25, 0.3) is 10.8 Å². The number of hydrogen-bond acceptors (Lipinski definition) is 2. The number of ether oxygens (including phenoxy) is 1. The highest BCUT2D eigenvalue weighted by molar-refractivity contribution is 5.84. The van der Waals surface area contributed by atoms with Crippen molar-refractivity contribution in [3.05, 3.63) is 90.0 Å². The third-order valence-electron chi connectivity index (χ3n) is 5.65. The first-order chi connectivity index (χ1) is 14.4. The van der Waals surface area contributed by atoms with Crippen LogP contribution in [0, 0.1) is 0 Å². The predicted octanol–water partition coefficient (Wildman–Crippen LogP) is 6.39. The van der Waals surface area contributed by atoms with E-state index >= 15 is 0 Å². The van der Waals surface area contributed by atoms with Gasteiger partial charge in [0.05, 0.1) is 6.61 Å². The van der Waals surface area contributed by atoms with Crippen molar-refractivity contribution in [1.82, 2.24) is 4.90 Å². The molecule has 1 aliphatic heterocycles. The summed E-state index contributed by atoms with van der Waals surface area (Å²) >= 11 is 0. The minimum Gasteiger partial charge on any atom is -0.494 e. The molecule has 0 fully saturated rings. The largest absolute Gasteiger partial charge is 0.494 e. The molecule has 1 heterocycles. The fraction of sp³-hybridized carbons (Fsp3) is 0.333. The van der Waals surface area contributed by atoms with E-state index in [2.05, 4.69) is 83.8 Å². The molecule has 0 saturated carbocycles. The van der Waals surface area contributed by atoms with Crippen molar-refractivity contribution < 1.29 is 4.74 Å². The maximum Gasteiger partial charge on any atom is 0.119 e. The SMILES string of the molecule is C1=CCN(Cc2ccc3cc(OCCCCCc4ccccc4)ccc3c2)CC1. The average molecular weight is 386 g/mol. The molecule has 0 atom stereocenters. The van der Waals surface area contributed by atoms with Gasteiger partial charge in [-0.1, -0.05) is 60.7 Å². The number of aryl methyl sites for hydroxylation is 1. The first-order valence-corrected chi connectivity index (χ1v) is 10.9. The highest BCUT2D eigenvalue weighted by Crippen LogP contribution is 2.23. The number of fused-ring (bicyclic) bond motifs is 1. The number of benzene rings is 3. The fourth-order valence-corrected chi connectivity index (χ4v) is 4.00. The lowest BCUT2D eigenvalue weighted by Crippen LogP contribution is -2.26. The molecule has 2 nitrogen and oxygen atoms in total. The Bertz CT molecular complexity index is 932. The molecule has 2 heteroatoms. The topological polar surface area (TPSA) is 12.5 Å². The molecule has 0 aromatic heterocycles. The van der Waals surface area contributed by atoms with E-state index in [4.69, 9.17) is 4.74 Å². The Kier molecular flexibility index (Phi) is 6.98. The number of unbranched alkanes of at least 4 members (excludes halogenated alkanes) is 2. The van der Waals surface area contributed by atoms with Gasteiger partial charge in [0.1, 0.15) is 5.75 Å². The van der Waals surface area contributed by atoms with Crippen LogP contribution in [-0.2, 0) is 13.0 Å². The summed E-state index contributed by atoms with van der Waals surface area (Å²) in [6, 6.07) is 24.0. The molecule has 0 radical (unpaired) electrons. The highest BCUT2D eigenvalue weighted by atomic mass is 16.5. The van der Waals surface area contributed by atoms with Crippen LogP contribution < -0.4 is 4.74 Å². The van der Waals surface area contributed by atoms with Gasteiger partial charge in [-0.3, -0.25) is 4.90 Å². The molecule has 3 aromatic carbocycles. The standard InChI is InChI=1S/C27H31NO/c1-4-10-23(11-5-1)12-6-2-9-19-29-27-16-15-25-20-24(13-14-26(25)21-27)22-28-17-7-3-8-18-28/h1,3-5,7,10-11,13-16,20-21H,2,6,8-9,12,17-19,22H2. The van der Waals surface area contributed by atoms with Gasteiger partial charge in [-0.25, -0.2) is 0 Å². The molecule has 0 aliphatic carbocycles. The van der Waals surface area contributed by atoms with E-state index in [0.29, 0.717) is 0 Å². The molecular weight excluding hydrogens is 354 g/mol. The smallest absolute Gasteiger partial charge is 0.119 e. The van der Waals surface area contributed by atoms with Gasteiger partial charge in [0.15, 0.2) is 0 Å². The van der Waals surface area contributed by atoms with E-state index in [0.717, 1.165) is 44.8 Å². The van der Waals surface area contributed by atoms with Gasteiger partial charge in [0.2, 0.25) is 0 Å². The van der Waals surface area contributed by atoms with Crippen molar-refractivity contribution >= 4 is 10.8 Å². The molecule has 0 bridgehead atoms. The van der Waals surface area contributed by atoms with Crippen LogP contribution in [0.4, 0.5) is 0 Å². The Morgan fingerprint density at radius 2 is 1.62 bits per heavy atom. The Morgan fingerprint density at radius 3 is 2.48 bits per heavy atom. The van der Waals surface area contributed by atoms with Crippen LogP contribution in [0.5, 0.6) is 5.75 Å². The van der Waals surface area contributed by atoms with Gasteiger partial charge in [-0.15, -0.1) is 0 Å². The van der Waals surface area contributed by atoms with E-state index in [1.54, 1.807) is 0 Å². The quantitative estimate of drug-likeness (QED) is 0.312. The summed E-state index contributed by atoms with van der Waals surface area (Å²) in [4.78, 5) is 2.50. The van der Waals surface area contributed by atoms with E-state index in [9.17, 15) is 0 Å². The summed E-state index contributed by atoms with van der Waals surface area (Å²) in [5, 5.41) is 2.55. The maximum absolute atomic E-state index is 6.00. The van der Waals surface area contributed by atoms with Gasteiger partial charge >= 0.3 is 0 Å². The average Bonchev–Trinajstić information content (AvgIpc) is 2.77.